The number of nitrogens with one attached hydrogen (secondary N) is 1. The normalized spacial score (nSPS) is 12.6. The highest BCUT2D eigenvalue weighted by Crippen LogP contribution is 2.20. The van der Waals surface area contributed by atoms with Crippen LogP contribution in [0.4, 0.5) is 0 Å². The molecule has 6 nitrogen and oxygen atoms in total. The number of esters is 1. The lowest BCUT2D eigenvalue weighted by Crippen LogP contribution is -2.45. The Bertz CT molecular complexity index is 1270. The van der Waals surface area contributed by atoms with Crippen molar-refractivity contribution < 1.29 is 24.5 Å². The van der Waals surface area contributed by atoms with Crippen molar-refractivity contribution in [1.29, 1.82) is 0 Å². The van der Waals surface area contributed by atoms with Gasteiger partial charge >= 0.3 is 5.97 Å². The number of amides is 1. The molecule has 0 aromatic heterocycles. The van der Waals surface area contributed by atoms with Gasteiger partial charge in [0.15, 0.2) is 0 Å². The molecule has 2 atom stereocenters. The summed E-state index contributed by atoms with van der Waals surface area (Å²) in [6.07, 6.45) is 89.6. The van der Waals surface area contributed by atoms with Crippen molar-refractivity contribution >= 4 is 11.9 Å². The van der Waals surface area contributed by atoms with Crippen LogP contribution in [0.25, 0.3) is 0 Å². The van der Waals surface area contributed by atoms with Gasteiger partial charge in [-0.2, -0.15) is 0 Å². The highest BCUT2D eigenvalue weighted by molar-refractivity contribution is 5.76. The molecule has 3 N–H and O–H groups in total. The molecule has 0 aromatic rings. The van der Waals surface area contributed by atoms with Gasteiger partial charge in [-0.25, -0.2) is 0 Å². The molecule has 0 aromatic carbocycles. The van der Waals surface area contributed by atoms with Crippen molar-refractivity contribution in [3.63, 3.8) is 0 Å². The highest BCUT2D eigenvalue weighted by Gasteiger charge is 2.20. The molecular formula is C75H145NO5. The number of allylic oxidation sites excluding steroid dienone is 4. The van der Waals surface area contributed by atoms with E-state index in [1.165, 1.54) is 334 Å². The molecule has 0 radical (unpaired) electrons. The number of carbonyl (C=O) groups is 2. The van der Waals surface area contributed by atoms with Gasteiger partial charge in [-0.15, -0.1) is 0 Å². The van der Waals surface area contributed by atoms with E-state index in [2.05, 4.69) is 43.5 Å². The second-order valence-corrected chi connectivity index (χ2v) is 25.6. The Balaban J connectivity index is 3.32. The van der Waals surface area contributed by atoms with Crippen LogP contribution in [0.1, 0.15) is 418 Å². The Morgan fingerprint density at radius 1 is 0.346 bits per heavy atom. The smallest absolute Gasteiger partial charge is 0.305 e. The molecule has 0 bridgehead atoms. The monoisotopic (exact) mass is 1140 g/mol. The van der Waals surface area contributed by atoms with Gasteiger partial charge in [0.1, 0.15) is 0 Å². The number of ether oxygens (including phenoxy) is 1. The summed E-state index contributed by atoms with van der Waals surface area (Å²) < 4.78 is 5.49. The average Bonchev–Trinajstić information content (AvgIpc) is 3.47. The molecule has 0 saturated carbocycles. The number of aliphatic hydroxyl groups is 2. The third-order valence-corrected chi connectivity index (χ3v) is 17.5. The maximum absolute atomic E-state index is 12.5. The van der Waals surface area contributed by atoms with Crippen molar-refractivity contribution in [1.82, 2.24) is 5.32 Å². The Kier molecular flexibility index (Phi) is 69.4. The van der Waals surface area contributed by atoms with Gasteiger partial charge in [-0.3, -0.25) is 9.59 Å². The van der Waals surface area contributed by atoms with Crippen molar-refractivity contribution in [2.75, 3.05) is 13.2 Å². The molecule has 81 heavy (non-hydrogen) atoms. The first-order valence-electron chi connectivity index (χ1n) is 37.1. The predicted octanol–water partition coefficient (Wildman–Crippen LogP) is 24.1. The summed E-state index contributed by atoms with van der Waals surface area (Å²) in [6, 6.07) is -0.538. The van der Waals surface area contributed by atoms with E-state index >= 15 is 0 Å². The zero-order valence-electron chi connectivity index (χ0n) is 55.0. The lowest BCUT2D eigenvalue weighted by Gasteiger charge is -2.22. The first kappa shape index (κ1) is 79.3. The van der Waals surface area contributed by atoms with E-state index in [0.717, 1.165) is 51.4 Å². The SMILES string of the molecule is CCCC/C=C\C/C=C\CCCCCCCC(=O)OCCCCCCCCCCCCCCCCCCCCCCCCCCCCCCCCCCCC(=O)NC(CO)C(O)CCCCCCCCCCCCCCCCCCC. The van der Waals surface area contributed by atoms with Gasteiger partial charge in [-0.05, 0) is 51.4 Å². The summed E-state index contributed by atoms with van der Waals surface area (Å²) in [4.78, 5) is 24.6. The van der Waals surface area contributed by atoms with Gasteiger partial charge in [-0.1, -0.05) is 378 Å². The first-order chi connectivity index (χ1) is 40.0. The minimum atomic E-state index is -0.661. The maximum Gasteiger partial charge on any atom is 0.305 e. The molecule has 0 spiro atoms. The Morgan fingerprint density at radius 2 is 0.630 bits per heavy atom. The van der Waals surface area contributed by atoms with Crippen molar-refractivity contribution in [2.45, 2.75) is 431 Å². The zero-order chi connectivity index (χ0) is 58.5. The summed E-state index contributed by atoms with van der Waals surface area (Å²) in [5.41, 5.74) is 0. The lowest BCUT2D eigenvalue weighted by atomic mass is 10.0. The standard InChI is InChI=1S/C75H145NO5/c1-3-5-7-9-11-13-15-17-19-37-40-43-47-51-55-59-63-67-73(78)72(71-77)76-74(79)68-64-60-56-52-48-44-41-38-35-33-31-29-27-25-23-21-20-22-24-26-28-30-32-34-36-39-42-46-50-54-58-62-66-70-81-75(80)69-65-61-57-53-49-45-18-16-14-12-10-8-6-4-2/h10,12,16,18,72-73,77-78H,3-9,11,13-15,17,19-71H2,1-2H3,(H,76,79)/b12-10-,18-16-. The van der Waals surface area contributed by atoms with Crippen LogP contribution in [0.5, 0.6) is 0 Å². The van der Waals surface area contributed by atoms with E-state index in [0.29, 0.717) is 25.9 Å². The molecular weight excluding hydrogens is 995 g/mol. The molecule has 1 amide bonds. The minimum absolute atomic E-state index is 0.00767. The molecule has 6 heteroatoms. The second-order valence-electron chi connectivity index (χ2n) is 25.6. The van der Waals surface area contributed by atoms with Crippen LogP contribution in [-0.4, -0.2) is 47.4 Å². The minimum Gasteiger partial charge on any atom is -0.466 e. The Labute approximate surface area is 507 Å². The van der Waals surface area contributed by atoms with E-state index in [4.69, 9.17) is 4.74 Å². The van der Waals surface area contributed by atoms with E-state index in [-0.39, 0.29) is 18.5 Å². The summed E-state index contributed by atoms with van der Waals surface area (Å²) in [6.45, 7) is 4.95. The fourth-order valence-electron chi connectivity index (χ4n) is 11.8. The van der Waals surface area contributed by atoms with Crippen LogP contribution < -0.4 is 5.32 Å². The van der Waals surface area contributed by atoms with E-state index < -0.39 is 12.1 Å². The lowest BCUT2D eigenvalue weighted by molar-refractivity contribution is -0.143. The van der Waals surface area contributed by atoms with Gasteiger partial charge in [0.2, 0.25) is 5.91 Å². The fourth-order valence-corrected chi connectivity index (χ4v) is 11.8. The third-order valence-electron chi connectivity index (χ3n) is 17.5. The number of hydrogen-bond donors (Lipinski definition) is 3. The summed E-state index contributed by atoms with van der Waals surface area (Å²) in [5, 5.41) is 23.4. The molecule has 0 fully saturated rings. The molecule has 0 saturated heterocycles. The quantitative estimate of drug-likeness (QED) is 0.0320. The topological polar surface area (TPSA) is 95.9 Å². The van der Waals surface area contributed by atoms with E-state index in [9.17, 15) is 19.8 Å². The van der Waals surface area contributed by atoms with Gasteiger partial charge in [0, 0.05) is 12.8 Å². The molecule has 0 aliphatic rings. The van der Waals surface area contributed by atoms with Crippen LogP contribution in [-0.2, 0) is 14.3 Å². The van der Waals surface area contributed by atoms with Crippen LogP contribution >= 0.6 is 0 Å². The third kappa shape index (κ3) is 67.3. The second kappa shape index (κ2) is 70.8. The number of hydrogen-bond acceptors (Lipinski definition) is 5. The maximum atomic E-state index is 12.5. The van der Waals surface area contributed by atoms with Crippen molar-refractivity contribution in [2.24, 2.45) is 0 Å². The largest absolute Gasteiger partial charge is 0.466 e. The number of carbonyl (C=O) groups excluding carboxylic acids is 2. The van der Waals surface area contributed by atoms with Gasteiger partial charge < -0.3 is 20.3 Å². The molecule has 480 valence electrons. The molecule has 2 unspecified atom stereocenters. The van der Waals surface area contributed by atoms with E-state index in [1.54, 1.807) is 0 Å². The van der Waals surface area contributed by atoms with Gasteiger partial charge in [0.25, 0.3) is 0 Å². The van der Waals surface area contributed by atoms with Gasteiger partial charge in [0.05, 0.1) is 25.4 Å². The molecule has 0 aliphatic carbocycles. The molecule has 0 heterocycles. The zero-order valence-corrected chi connectivity index (χ0v) is 55.0. The Morgan fingerprint density at radius 3 is 0.975 bits per heavy atom. The average molecular weight is 1140 g/mol. The number of rotatable bonds is 70. The first-order valence-corrected chi connectivity index (χ1v) is 37.1. The van der Waals surface area contributed by atoms with Crippen molar-refractivity contribution in [3.05, 3.63) is 24.3 Å². The highest BCUT2D eigenvalue weighted by atomic mass is 16.5. The Hall–Kier alpha value is -1.66. The van der Waals surface area contributed by atoms with Crippen LogP contribution in [0.3, 0.4) is 0 Å². The van der Waals surface area contributed by atoms with Crippen LogP contribution in [0.2, 0.25) is 0 Å². The molecule has 0 rings (SSSR count). The number of unbranched alkanes of at least 4 members (excludes halogenated alkanes) is 55. The summed E-state index contributed by atoms with van der Waals surface area (Å²) >= 11 is 0. The summed E-state index contributed by atoms with van der Waals surface area (Å²) in [5.74, 6) is -0.0186. The van der Waals surface area contributed by atoms with Crippen LogP contribution in [0, 0.1) is 0 Å². The van der Waals surface area contributed by atoms with Crippen LogP contribution in [0.15, 0.2) is 24.3 Å². The van der Waals surface area contributed by atoms with E-state index in [1.807, 2.05) is 0 Å². The predicted molar refractivity (Wildman–Crippen MR) is 356 cm³/mol. The summed E-state index contributed by atoms with van der Waals surface area (Å²) in [7, 11) is 0. The van der Waals surface area contributed by atoms with Crippen molar-refractivity contribution in [3.8, 4) is 0 Å². The number of aliphatic hydroxyl groups excluding tert-OH is 2. The molecule has 0 aliphatic heterocycles. The fraction of sp³-hybridized carbons (Fsp3) is 0.920.